The minimum absolute atomic E-state index is 0.809. The van der Waals surface area contributed by atoms with E-state index >= 15 is 0 Å². The van der Waals surface area contributed by atoms with E-state index < -0.39 is 0 Å². The van der Waals surface area contributed by atoms with Crippen molar-refractivity contribution in [2.45, 2.75) is 19.4 Å². The number of unbranched alkanes of at least 4 members (excludes halogenated alkanes) is 1. The monoisotopic (exact) mass is 234 g/mol. The molecule has 0 unspecified atom stereocenters. The lowest BCUT2D eigenvalue weighted by Gasteiger charge is -2.18. The molecule has 1 aliphatic rings. The molecule has 0 aliphatic carbocycles. The molecule has 1 aliphatic heterocycles. The zero-order chi connectivity index (χ0) is 11.9. The average molecular weight is 234 g/mol. The highest BCUT2D eigenvalue weighted by molar-refractivity contribution is 5.33. The first-order valence-corrected chi connectivity index (χ1v) is 6.48. The van der Waals surface area contributed by atoms with E-state index in [4.69, 9.17) is 4.74 Å². The maximum absolute atomic E-state index is 5.75. The summed E-state index contributed by atoms with van der Waals surface area (Å²) in [6, 6.07) is 8.37. The van der Waals surface area contributed by atoms with E-state index in [-0.39, 0.29) is 0 Å². The Hall–Kier alpha value is -1.06. The van der Waals surface area contributed by atoms with Gasteiger partial charge in [-0.1, -0.05) is 18.2 Å². The average Bonchev–Trinajstić information content (AvgIpc) is 2.56. The molecule has 94 valence electrons. The summed E-state index contributed by atoms with van der Waals surface area (Å²) in [5.74, 6) is 1.06. The molecule has 0 spiro atoms. The first-order chi connectivity index (χ1) is 8.40. The molecule has 2 rings (SSSR count). The Bertz CT molecular complexity index is 341. The molecule has 0 bridgehead atoms. The molecule has 1 aromatic rings. The van der Waals surface area contributed by atoms with Gasteiger partial charge in [-0.3, -0.25) is 4.90 Å². The highest BCUT2D eigenvalue weighted by Gasteiger charge is 2.13. The van der Waals surface area contributed by atoms with Crippen LogP contribution in [0.4, 0.5) is 0 Å². The van der Waals surface area contributed by atoms with E-state index in [0.717, 1.165) is 32.0 Å². The number of para-hydroxylation sites is 1. The van der Waals surface area contributed by atoms with Crippen molar-refractivity contribution in [3.63, 3.8) is 0 Å². The summed E-state index contributed by atoms with van der Waals surface area (Å²) in [5.41, 5.74) is 1.32. The van der Waals surface area contributed by atoms with Crippen molar-refractivity contribution >= 4 is 0 Å². The lowest BCUT2D eigenvalue weighted by Crippen LogP contribution is -2.27. The smallest absolute Gasteiger partial charge is 0.123 e. The van der Waals surface area contributed by atoms with E-state index in [1.165, 1.54) is 24.9 Å². The minimum Gasteiger partial charge on any atom is -0.492 e. The number of fused-ring (bicyclic) bond motifs is 1. The Morgan fingerprint density at radius 1 is 1.29 bits per heavy atom. The molecule has 3 heteroatoms. The van der Waals surface area contributed by atoms with Crippen molar-refractivity contribution in [3.05, 3.63) is 29.8 Å². The van der Waals surface area contributed by atoms with Gasteiger partial charge in [0.15, 0.2) is 0 Å². The highest BCUT2D eigenvalue weighted by atomic mass is 16.5. The van der Waals surface area contributed by atoms with Crippen molar-refractivity contribution in [2.24, 2.45) is 0 Å². The van der Waals surface area contributed by atoms with E-state index in [0.29, 0.717) is 0 Å². The van der Waals surface area contributed by atoms with Gasteiger partial charge >= 0.3 is 0 Å². The van der Waals surface area contributed by atoms with Crippen molar-refractivity contribution in [2.75, 3.05) is 33.3 Å². The number of benzene rings is 1. The van der Waals surface area contributed by atoms with Gasteiger partial charge in [0.05, 0.1) is 0 Å². The molecule has 3 nitrogen and oxygen atoms in total. The highest BCUT2D eigenvalue weighted by Crippen LogP contribution is 2.22. The molecule has 0 aromatic heterocycles. The second kappa shape index (κ2) is 6.62. The van der Waals surface area contributed by atoms with Gasteiger partial charge in [0.2, 0.25) is 0 Å². The largest absolute Gasteiger partial charge is 0.492 e. The van der Waals surface area contributed by atoms with Gasteiger partial charge in [-0.15, -0.1) is 0 Å². The van der Waals surface area contributed by atoms with Crippen LogP contribution < -0.4 is 10.1 Å². The Balaban J connectivity index is 1.85. The predicted molar refractivity (Wildman–Crippen MR) is 70.4 cm³/mol. The number of nitrogens with zero attached hydrogens (tertiary/aromatic N) is 1. The Morgan fingerprint density at radius 3 is 3.06 bits per heavy atom. The summed E-state index contributed by atoms with van der Waals surface area (Å²) in [5, 5.41) is 3.19. The van der Waals surface area contributed by atoms with Crippen LogP contribution in [-0.2, 0) is 6.54 Å². The summed E-state index contributed by atoms with van der Waals surface area (Å²) < 4.78 is 5.75. The second-order valence-electron chi connectivity index (χ2n) is 4.54. The van der Waals surface area contributed by atoms with Crippen LogP contribution >= 0.6 is 0 Å². The number of ether oxygens (including phenoxy) is 1. The molecular weight excluding hydrogens is 212 g/mol. The molecular formula is C14H22N2O. The first-order valence-electron chi connectivity index (χ1n) is 6.48. The lowest BCUT2D eigenvalue weighted by atomic mass is 10.2. The maximum atomic E-state index is 5.75. The Labute approximate surface area is 104 Å². The van der Waals surface area contributed by atoms with Crippen LogP contribution in [0.15, 0.2) is 24.3 Å². The molecule has 0 saturated carbocycles. The third kappa shape index (κ3) is 3.72. The fraction of sp³-hybridized carbons (Fsp3) is 0.571. The number of hydrogen-bond donors (Lipinski definition) is 1. The van der Waals surface area contributed by atoms with Gasteiger partial charge in [0, 0.05) is 18.7 Å². The van der Waals surface area contributed by atoms with Crippen molar-refractivity contribution in [1.29, 1.82) is 0 Å². The van der Waals surface area contributed by atoms with Crippen LogP contribution in [0.5, 0.6) is 5.75 Å². The third-order valence-corrected chi connectivity index (χ3v) is 3.18. The van der Waals surface area contributed by atoms with Crippen LogP contribution in [-0.4, -0.2) is 38.2 Å². The number of rotatable bonds is 5. The summed E-state index contributed by atoms with van der Waals surface area (Å²) >= 11 is 0. The normalized spacial score (nSPS) is 16.1. The number of hydrogen-bond acceptors (Lipinski definition) is 3. The third-order valence-electron chi connectivity index (χ3n) is 3.18. The first kappa shape index (κ1) is 12.4. The van der Waals surface area contributed by atoms with Crippen molar-refractivity contribution in [3.8, 4) is 5.75 Å². The van der Waals surface area contributed by atoms with Crippen molar-refractivity contribution < 1.29 is 4.74 Å². The van der Waals surface area contributed by atoms with Crippen LogP contribution in [0.25, 0.3) is 0 Å². The van der Waals surface area contributed by atoms with Crippen molar-refractivity contribution in [1.82, 2.24) is 10.2 Å². The summed E-state index contributed by atoms with van der Waals surface area (Å²) in [6.45, 7) is 5.15. The van der Waals surface area contributed by atoms with Crippen LogP contribution in [0.2, 0.25) is 0 Å². The quantitative estimate of drug-likeness (QED) is 0.787. The molecule has 1 heterocycles. The van der Waals surface area contributed by atoms with Crippen LogP contribution in [0.1, 0.15) is 18.4 Å². The van der Waals surface area contributed by atoms with Crippen LogP contribution in [0.3, 0.4) is 0 Å². The SMILES string of the molecule is CNCCCCN1CCOc2ccccc2C1. The fourth-order valence-electron chi connectivity index (χ4n) is 2.21. The summed E-state index contributed by atoms with van der Waals surface area (Å²) in [7, 11) is 2.01. The lowest BCUT2D eigenvalue weighted by molar-refractivity contribution is 0.223. The topological polar surface area (TPSA) is 24.5 Å². The minimum atomic E-state index is 0.809. The standard InChI is InChI=1S/C14H22N2O/c1-15-8-4-5-9-16-10-11-17-14-7-3-2-6-13(14)12-16/h2-3,6-7,15H,4-5,8-12H2,1H3. The fourth-order valence-corrected chi connectivity index (χ4v) is 2.21. The molecule has 0 amide bonds. The van der Waals surface area contributed by atoms with Gasteiger partial charge in [0.25, 0.3) is 0 Å². The summed E-state index contributed by atoms with van der Waals surface area (Å²) in [4.78, 5) is 2.49. The maximum Gasteiger partial charge on any atom is 0.123 e. The van der Waals surface area contributed by atoms with E-state index in [1.54, 1.807) is 0 Å². The molecule has 0 radical (unpaired) electrons. The zero-order valence-electron chi connectivity index (χ0n) is 10.6. The Kier molecular flexibility index (Phi) is 4.83. The predicted octanol–water partition coefficient (Wildman–Crippen LogP) is 1.88. The molecule has 1 aromatic carbocycles. The molecule has 0 atom stereocenters. The second-order valence-corrected chi connectivity index (χ2v) is 4.54. The molecule has 1 N–H and O–H groups in total. The zero-order valence-corrected chi connectivity index (χ0v) is 10.6. The van der Waals surface area contributed by atoms with E-state index in [1.807, 2.05) is 13.1 Å². The number of nitrogens with one attached hydrogen (secondary N) is 1. The van der Waals surface area contributed by atoms with Gasteiger partial charge in [-0.25, -0.2) is 0 Å². The van der Waals surface area contributed by atoms with Gasteiger partial charge in [0.1, 0.15) is 12.4 Å². The molecule has 0 saturated heterocycles. The van der Waals surface area contributed by atoms with Crippen LogP contribution in [0, 0.1) is 0 Å². The van der Waals surface area contributed by atoms with Gasteiger partial charge in [-0.2, -0.15) is 0 Å². The Morgan fingerprint density at radius 2 is 2.18 bits per heavy atom. The van der Waals surface area contributed by atoms with E-state index in [9.17, 15) is 0 Å². The molecule has 0 fully saturated rings. The molecule has 17 heavy (non-hydrogen) atoms. The van der Waals surface area contributed by atoms with Gasteiger partial charge in [-0.05, 0) is 39.0 Å². The van der Waals surface area contributed by atoms with Gasteiger partial charge < -0.3 is 10.1 Å². The summed E-state index contributed by atoms with van der Waals surface area (Å²) in [6.07, 6.45) is 2.50. The van der Waals surface area contributed by atoms with E-state index in [2.05, 4.69) is 28.4 Å².